The molecular formula is C12H17BrClN3O. The fourth-order valence-corrected chi connectivity index (χ4v) is 2.77. The molecule has 1 fully saturated rings. The van der Waals surface area contributed by atoms with E-state index in [1.807, 2.05) is 6.07 Å². The lowest BCUT2D eigenvalue weighted by molar-refractivity contribution is 0.0935. The third-order valence-electron chi connectivity index (χ3n) is 2.92. The van der Waals surface area contributed by atoms with Gasteiger partial charge in [0.05, 0.1) is 24.3 Å². The number of anilines is 1. The second-order valence-corrected chi connectivity index (χ2v) is 5.51. The van der Waals surface area contributed by atoms with Gasteiger partial charge in [0.25, 0.3) is 0 Å². The van der Waals surface area contributed by atoms with Gasteiger partial charge in [-0.05, 0) is 28.5 Å². The van der Waals surface area contributed by atoms with E-state index in [0.29, 0.717) is 11.6 Å². The van der Waals surface area contributed by atoms with Crippen LogP contribution in [0.1, 0.15) is 6.92 Å². The van der Waals surface area contributed by atoms with Crippen LogP contribution >= 0.6 is 27.5 Å². The van der Waals surface area contributed by atoms with Crippen molar-refractivity contribution in [2.24, 2.45) is 0 Å². The molecule has 18 heavy (non-hydrogen) atoms. The lowest BCUT2D eigenvalue weighted by Gasteiger charge is -2.37. The van der Waals surface area contributed by atoms with Gasteiger partial charge < -0.3 is 15.0 Å². The van der Waals surface area contributed by atoms with Crippen molar-refractivity contribution in [3.8, 4) is 0 Å². The Bertz CT molecular complexity index is 405. The van der Waals surface area contributed by atoms with Gasteiger partial charge in [-0.1, -0.05) is 18.5 Å². The van der Waals surface area contributed by atoms with E-state index in [2.05, 4.69) is 38.1 Å². The lowest BCUT2D eigenvalue weighted by atomic mass is 10.2. The number of halogens is 2. The van der Waals surface area contributed by atoms with Crippen LogP contribution in [0, 0.1) is 0 Å². The Kier molecular flexibility index (Phi) is 5.24. The van der Waals surface area contributed by atoms with Crippen LogP contribution in [-0.4, -0.2) is 43.9 Å². The Morgan fingerprint density at radius 2 is 2.50 bits per heavy atom. The van der Waals surface area contributed by atoms with E-state index in [1.54, 1.807) is 6.20 Å². The molecule has 1 unspecified atom stereocenters. The first-order valence-corrected chi connectivity index (χ1v) is 7.25. The molecule has 1 N–H and O–H groups in total. The number of nitrogens with zero attached hydrogens (tertiary/aromatic N) is 2. The molecule has 1 aliphatic heterocycles. The number of ether oxygens (including phenoxy) is 1. The highest BCUT2D eigenvalue weighted by Crippen LogP contribution is 2.28. The molecule has 0 bridgehead atoms. The van der Waals surface area contributed by atoms with Crippen molar-refractivity contribution in [2.45, 2.75) is 13.0 Å². The molecular weight excluding hydrogens is 318 g/mol. The molecule has 0 aromatic carbocycles. The summed E-state index contributed by atoms with van der Waals surface area (Å²) in [4.78, 5) is 6.65. The summed E-state index contributed by atoms with van der Waals surface area (Å²) >= 11 is 9.64. The van der Waals surface area contributed by atoms with Crippen LogP contribution in [0.3, 0.4) is 0 Å². The molecule has 4 nitrogen and oxygen atoms in total. The first kappa shape index (κ1) is 14.1. The van der Waals surface area contributed by atoms with E-state index in [9.17, 15) is 0 Å². The highest BCUT2D eigenvalue weighted by molar-refractivity contribution is 9.10. The predicted octanol–water partition coefficient (Wildman–Crippen LogP) is 2.31. The van der Waals surface area contributed by atoms with Crippen molar-refractivity contribution in [2.75, 3.05) is 37.7 Å². The molecule has 0 radical (unpaired) electrons. The van der Waals surface area contributed by atoms with Crippen LogP contribution in [-0.2, 0) is 4.74 Å². The molecule has 0 amide bonds. The molecule has 1 aromatic heterocycles. The maximum absolute atomic E-state index is 6.27. The van der Waals surface area contributed by atoms with Crippen molar-refractivity contribution >= 4 is 33.3 Å². The molecule has 1 atom stereocenters. The molecule has 100 valence electrons. The molecule has 6 heteroatoms. The van der Waals surface area contributed by atoms with Crippen molar-refractivity contribution < 1.29 is 4.74 Å². The van der Waals surface area contributed by atoms with Gasteiger partial charge in [0.1, 0.15) is 5.82 Å². The van der Waals surface area contributed by atoms with Gasteiger partial charge >= 0.3 is 0 Å². The minimum atomic E-state index is 0.282. The number of morpholine rings is 1. The quantitative estimate of drug-likeness (QED) is 0.917. The van der Waals surface area contributed by atoms with E-state index >= 15 is 0 Å². The van der Waals surface area contributed by atoms with E-state index in [4.69, 9.17) is 16.3 Å². The summed E-state index contributed by atoms with van der Waals surface area (Å²) in [6.45, 7) is 6.18. The van der Waals surface area contributed by atoms with Crippen LogP contribution in [0.5, 0.6) is 0 Å². The Hall–Kier alpha value is -0.360. The van der Waals surface area contributed by atoms with Gasteiger partial charge in [-0.2, -0.15) is 0 Å². The Morgan fingerprint density at radius 1 is 1.67 bits per heavy atom. The molecule has 0 saturated carbocycles. The number of hydrogen-bond donors (Lipinski definition) is 1. The summed E-state index contributed by atoms with van der Waals surface area (Å²) in [6, 6.07) is 2.16. The molecule has 1 aromatic rings. The average molecular weight is 335 g/mol. The highest BCUT2D eigenvalue weighted by Gasteiger charge is 2.25. The minimum Gasteiger partial charge on any atom is -0.377 e. The summed E-state index contributed by atoms with van der Waals surface area (Å²) in [6.07, 6.45) is 1.78. The first-order chi connectivity index (χ1) is 8.72. The van der Waals surface area contributed by atoms with Crippen molar-refractivity contribution in [1.82, 2.24) is 10.3 Å². The summed E-state index contributed by atoms with van der Waals surface area (Å²) in [5, 5.41) is 4.02. The van der Waals surface area contributed by atoms with Gasteiger partial charge in [0, 0.05) is 23.8 Å². The molecule has 1 saturated heterocycles. The van der Waals surface area contributed by atoms with Crippen LogP contribution in [0.2, 0.25) is 5.02 Å². The predicted molar refractivity (Wildman–Crippen MR) is 77.4 cm³/mol. The second-order valence-electron chi connectivity index (χ2n) is 4.19. The van der Waals surface area contributed by atoms with E-state index in [-0.39, 0.29) is 6.04 Å². The van der Waals surface area contributed by atoms with Gasteiger partial charge in [-0.25, -0.2) is 4.98 Å². The molecule has 0 aliphatic carbocycles. The smallest absolute Gasteiger partial charge is 0.147 e. The van der Waals surface area contributed by atoms with Crippen molar-refractivity contribution in [1.29, 1.82) is 0 Å². The summed E-state index contributed by atoms with van der Waals surface area (Å²) in [5.41, 5.74) is 0. The molecule has 2 rings (SSSR count). The number of nitrogens with one attached hydrogen (secondary N) is 1. The zero-order valence-corrected chi connectivity index (χ0v) is 12.7. The number of rotatable bonds is 4. The maximum Gasteiger partial charge on any atom is 0.147 e. The molecule has 2 heterocycles. The SMILES string of the molecule is CCNCC1COCCN1c1ncc(Br)cc1Cl. The number of pyridine rings is 1. The zero-order chi connectivity index (χ0) is 13.0. The monoisotopic (exact) mass is 333 g/mol. The van der Waals surface area contributed by atoms with Gasteiger partial charge in [0.15, 0.2) is 0 Å². The fraction of sp³-hybridized carbons (Fsp3) is 0.583. The van der Waals surface area contributed by atoms with Crippen molar-refractivity contribution in [3.05, 3.63) is 21.8 Å². The molecule has 1 aliphatic rings. The van der Waals surface area contributed by atoms with E-state index < -0.39 is 0 Å². The Morgan fingerprint density at radius 3 is 3.22 bits per heavy atom. The Balaban J connectivity index is 2.16. The largest absolute Gasteiger partial charge is 0.377 e. The van der Waals surface area contributed by atoms with Crippen LogP contribution < -0.4 is 10.2 Å². The van der Waals surface area contributed by atoms with Gasteiger partial charge in [0.2, 0.25) is 0 Å². The topological polar surface area (TPSA) is 37.4 Å². The van der Waals surface area contributed by atoms with E-state index in [0.717, 1.165) is 36.5 Å². The summed E-state index contributed by atoms with van der Waals surface area (Å²) < 4.78 is 6.43. The third kappa shape index (κ3) is 3.35. The lowest BCUT2D eigenvalue weighted by Crippen LogP contribution is -2.51. The average Bonchev–Trinajstić information content (AvgIpc) is 2.37. The van der Waals surface area contributed by atoms with Crippen LogP contribution in [0.15, 0.2) is 16.7 Å². The van der Waals surface area contributed by atoms with Gasteiger partial charge in [-0.3, -0.25) is 0 Å². The minimum absolute atomic E-state index is 0.282. The van der Waals surface area contributed by atoms with Crippen LogP contribution in [0.4, 0.5) is 5.82 Å². The highest BCUT2D eigenvalue weighted by atomic mass is 79.9. The first-order valence-electron chi connectivity index (χ1n) is 6.08. The second kappa shape index (κ2) is 6.70. The summed E-state index contributed by atoms with van der Waals surface area (Å²) in [7, 11) is 0. The third-order valence-corrected chi connectivity index (χ3v) is 3.63. The van der Waals surface area contributed by atoms with Gasteiger partial charge in [-0.15, -0.1) is 0 Å². The van der Waals surface area contributed by atoms with Crippen molar-refractivity contribution in [3.63, 3.8) is 0 Å². The van der Waals surface area contributed by atoms with Crippen LogP contribution in [0.25, 0.3) is 0 Å². The van der Waals surface area contributed by atoms with E-state index in [1.165, 1.54) is 0 Å². The zero-order valence-electron chi connectivity index (χ0n) is 10.3. The normalized spacial score (nSPS) is 20.2. The standard InChI is InChI=1S/C12H17BrClN3O/c1-2-15-7-10-8-18-4-3-17(10)12-11(14)5-9(13)6-16-12/h5-6,10,15H,2-4,7-8H2,1H3. The summed E-state index contributed by atoms with van der Waals surface area (Å²) in [5.74, 6) is 0.839. The number of hydrogen-bond acceptors (Lipinski definition) is 4. The number of likely N-dealkylation sites (N-methyl/N-ethyl adjacent to an activating group) is 1. The Labute approximate surface area is 121 Å². The maximum atomic E-state index is 6.27. The fourth-order valence-electron chi connectivity index (χ4n) is 2.03. The molecule has 0 spiro atoms. The number of aromatic nitrogens is 1.